The number of hydrogen-bond donors (Lipinski definition) is 0. The predicted molar refractivity (Wildman–Crippen MR) is 64.2 cm³/mol. The molecule has 0 spiro atoms. The lowest BCUT2D eigenvalue weighted by Crippen LogP contribution is -2.09. The summed E-state index contributed by atoms with van der Waals surface area (Å²) in [7, 11) is 0. The molecule has 0 unspecified atom stereocenters. The summed E-state index contributed by atoms with van der Waals surface area (Å²) in [6, 6.07) is 10.6. The summed E-state index contributed by atoms with van der Waals surface area (Å²) < 4.78 is 38.7. The minimum absolute atomic E-state index is 0.0813. The third-order valence-corrected chi connectivity index (χ3v) is 2.72. The Balaban J connectivity index is 2.62. The van der Waals surface area contributed by atoms with Gasteiger partial charge in [-0.1, -0.05) is 30.3 Å². The zero-order valence-electron chi connectivity index (χ0n) is 9.21. The van der Waals surface area contributed by atoms with Crippen molar-refractivity contribution in [2.45, 2.75) is 12.1 Å². The van der Waals surface area contributed by atoms with Gasteiger partial charge in [-0.05, 0) is 12.1 Å². The number of aromatic nitrogens is 1. The Hall–Kier alpha value is -1.55. The SMILES string of the molecule is FC(F)(F)c1ccc(CCl)nc1-c1ccccc1. The Bertz CT molecular complexity index is 538. The number of nitrogens with zero attached hydrogens (tertiary/aromatic N) is 1. The van der Waals surface area contributed by atoms with Crippen LogP contribution in [0.5, 0.6) is 0 Å². The van der Waals surface area contributed by atoms with Crippen molar-refractivity contribution in [1.29, 1.82) is 0 Å². The summed E-state index contributed by atoms with van der Waals surface area (Å²) in [5, 5.41) is 0. The number of benzene rings is 1. The lowest BCUT2D eigenvalue weighted by atomic mass is 10.0. The van der Waals surface area contributed by atoms with Crippen LogP contribution in [0.2, 0.25) is 0 Å². The summed E-state index contributed by atoms with van der Waals surface area (Å²) in [6.45, 7) is 0. The van der Waals surface area contributed by atoms with Crippen LogP contribution in [0.25, 0.3) is 11.3 Å². The van der Waals surface area contributed by atoms with E-state index in [0.717, 1.165) is 6.07 Å². The summed E-state index contributed by atoms with van der Waals surface area (Å²) in [4.78, 5) is 3.98. The zero-order valence-corrected chi connectivity index (χ0v) is 9.96. The zero-order chi connectivity index (χ0) is 13.2. The number of rotatable bonds is 2. The Morgan fingerprint density at radius 2 is 1.67 bits per heavy atom. The highest BCUT2D eigenvalue weighted by atomic mass is 35.5. The minimum Gasteiger partial charge on any atom is -0.251 e. The fourth-order valence-corrected chi connectivity index (χ4v) is 1.77. The molecule has 18 heavy (non-hydrogen) atoms. The average Bonchev–Trinajstić information content (AvgIpc) is 2.38. The van der Waals surface area contributed by atoms with Gasteiger partial charge in [0, 0.05) is 5.56 Å². The van der Waals surface area contributed by atoms with E-state index in [2.05, 4.69) is 4.98 Å². The first-order valence-corrected chi connectivity index (χ1v) is 5.74. The van der Waals surface area contributed by atoms with Crippen molar-refractivity contribution in [2.75, 3.05) is 0 Å². The molecule has 94 valence electrons. The first-order valence-electron chi connectivity index (χ1n) is 5.21. The van der Waals surface area contributed by atoms with E-state index in [0.29, 0.717) is 11.3 Å². The third kappa shape index (κ3) is 2.64. The van der Waals surface area contributed by atoms with Gasteiger partial charge in [-0.15, -0.1) is 11.6 Å². The summed E-state index contributed by atoms with van der Waals surface area (Å²) in [6.07, 6.45) is -4.43. The van der Waals surface area contributed by atoms with E-state index < -0.39 is 11.7 Å². The van der Waals surface area contributed by atoms with Gasteiger partial charge in [0.2, 0.25) is 0 Å². The van der Waals surface area contributed by atoms with Crippen LogP contribution in [-0.4, -0.2) is 4.98 Å². The van der Waals surface area contributed by atoms with Crippen molar-refractivity contribution in [1.82, 2.24) is 4.98 Å². The lowest BCUT2D eigenvalue weighted by molar-refractivity contribution is -0.137. The summed E-state index contributed by atoms with van der Waals surface area (Å²) in [5.41, 5.74) is 0.0177. The minimum atomic E-state index is -4.43. The fraction of sp³-hybridized carbons (Fsp3) is 0.154. The predicted octanol–water partition coefficient (Wildman–Crippen LogP) is 4.51. The van der Waals surface area contributed by atoms with Gasteiger partial charge in [0.15, 0.2) is 0 Å². The van der Waals surface area contributed by atoms with Crippen molar-refractivity contribution in [3.8, 4) is 11.3 Å². The molecule has 1 aromatic carbocycles. The highest BCUT2D eigenvalue weighted by Crippen LogP contribution is 2.36. The van der Waals surface area contributed by atoms with Crippen LogP contribution in [0.4, 0.5) is 13.2 Å². The molecule has 0 aliphatic rings. The monoisotopic (exact) mass is 271 g/mol. The van der Waals surface area contributed by atoms with Crippen LogP contribution in [0.1, 0.15) is 11.3 Å². The molecule has 0 aliphatic heterocycles. The molecule has 1 heterocycles. The van der Waals surface area contributed by atoms with E-state index in [1.165, 1.54) is 6.07 Å². The highest BCUT2D eigenvalue weighted by Gasteiger charge is 2.34. The molecule has 1 aromatic heterocycles. The Labute approximate surface area is 107 Å². The van der Waals surface area contributed by atoms with Gasteiger partial charge in [0.25, 0.3) is 0 Å². The van der Waals surface area contributed by atoms with E-state index in [-0.39, 0.29) is 11.6 Å². The normalized spacial score (nSPS) is 11.6. The molecule has 5 heteroatoms. The fourth-order valence-electron chi connectivity index (χ4n) is 1.62. The van der Waals surface area contributed by atoms with Gasteiger partial charge in [0.1, 0.15) is 0 Å². The molecule has 0 saturated heterocycles. The van der Waals surface area contributed by atoms with Crippen molar-refractivity contribution < 1.29 is 13.2 Å². The van der Waals surface area contributed by atoms with Gasteiger partial charge in [0.05, 0.1) is 22.8 Å². The van der Waals surface area contributed by atoms with Crippen molar-refractivity contribution >= 4 is 11.6 Å². The first kappa shape index (κ1) is 12.9. The number of hydrogen-bond acceptors (Lipinski definition) is 1. The van der Waals surface area contributed by atoms with Crippen molar-refractivity contribution in [2.24, 2.45) is 0 Å². The van der Waals surface area contributed by atoms with E-state index in [4.69, 9.17) is 11.6 Å². The van der Waals surface area contributed by atoms with E-state index >= 15 is 0 Å². The first-order chi connectivity index (χ1) is 8.52. The molecule has 2 rings (SSSR count). The van der Waals surface area contributed by atoms with Gasteiger partial charge in [-0.2, -0.15) is 13.2 Å². The van der Waals surface area contributed by atoms with Crippen LogP contribution in [0.3, 0.4) is 0 Å². The van der Waals surface area contributed by atoms with Gasteiger partial charge in [-0.3, -0.25) is 4.98 Å². The standard InChI is InChI=1S/C13H9ClF3N/c14-8-10-6-7-11(13(15,16)17)12(18-10)9-4-2-1-3-5-9/h1-7H,8H2. The number of halogens is 4. The van der Waals surface area contributed by atoms with Crippen LogP contribution in [-0.2, 0) is 12.1 Å². The third-order valence-electron chi connectivity index (χ3n) is 2.44. The number of pyridine rings is 1. The maximum absolute atomic E-state index is 12.9. The molecule has 0 aliphatic carbocycles. The summed E-state index contributed by atoms with van der Waals surface area (Å²) in [5.74, 6) is 0.0813. The van der Waals surface area contributed by atoms with Crippen LogP contribution < -0.4 is 0 Å². The Morgan fingerprint density at radius 1 is 1.00 bits per heavy atom. The molecular formula is C13H9ClF3N. The molecule has 0 fully saturated rings. The van der Waals surface area contributed by atoms with Crippen LogP contribution >= 0.6 is 11.6 Å². The molecule has 2 aromatic rings. The van der Waals surface area contributed by atoms with E-state index in [1.54, 1.807) is 30.3 Å². The van der Waals surface area contributed by atoms with Gasteiger partial charge in [-0.25, -0.2) is 0 Å². The summed E-state index contributed by atoms with van der Waals surface area (Å²) >= 11 is 5.61. The van der Waals surface area contributed by atoms with Crippen molar-refractivity contribution in [3.05, 3.63) is 53.7 Å². The molecule has 1 nitrogen and oxygen atoms in total. The smallest absolute Gasteiger partial charge is 0.251 e. The second kappa shape index (κ2) is 4.98. The van der Waals surface area contributed by atoms with E-state index in [9.17, 15) is 13.2 Å². The molecule has 0 bridgehead atoms. The maximum atomic E-state index is 12.9. The second-order valence-electron chi connectivity index (χ2n) is 3.70. The Kier molecular flexibility index (Phi) is 3.57. The molecule has 0 N–H and O–H groups in total. The van der Waals surface area contributed by atoms with Gasteiger partial charge >= 0.3 is 6.18 Å². The van der Waals surface area contributed by atoms with E-state index in [1.807, 2.05) is 0 Å². The average molecular weight is 272 g/mol. The molecular weight excluding hydrogens is 263 g/mol. The molecule has 0 amide bonds. The quantitative estimate of drug-likeness (QED) is 0.733. The Morgan fingerprint density at radius 3 is 2.22 bits per heavy atom. The maximum Gasteiger partial charge on any atom is 0.418 e. The van der Waals surface area contributed by atoms with Gasteiger partial charge < -0.3 is 0 Å². The topological polar surface area (TPSA) is 12.9 Å². The lowest BCUT2D eigenvalue weighted by Gasteiger charge is -2.13. The molecule has 0 radical (unpaired) electrons. The van der Waals surface area contributed by atoms with Crippen LogP contribution in [0.15, 0.2) is 42.5 Å². The second-order valence-corrected chi connectivity index (χ2v) is 3.96. The molecule has 0 atom stereocenters. The highest BCUT2D eigenvalue weighted by molar-refractivity contribution is 6.16. The largest absolute Gasteiger partial charge is 0.418 e. The van der Waals surface area contributed by atoms with Crippen molar-refractivity contribution in [3.63, 3.8) is 0 Å². The molecule has 0 saturated carbocycles. The number of alkyl halides is 4. The van der Waals surface area contributed by atoms with Crippen LogP contribution in [0, 0.1) is 0 Å².